The number of rotatable bonds is 46. The highest BCUT2D eigenvalue weighted by Gasteiger charge is 2.27. The van der Waals surface area contributed by atoms with Crippen LogP contribution >= 0.6 is 7.82 Å². The maximum Gasteiger partial charge on any atom is 0.472 e. The Kier molecular flexibility index (Phi) is 42.1. The van der Waals surface area contributed by atoms with E-state index in [4.69, 9.17) is 9.05 Å². The largest absolute Gasteiger partial charge is 0.472 e. The highest BCUT2D eigenvalue weighted by molar-refractivity contribution is 7.47. The van der Waals surface area contributed by atoms with E-state index in [0.29, 0.717) is 17.4 Å². The van der Waals surface area contributed by atoms with Crippen LogP contribution in [-0.4, -0.2) is 73.4 Å². The first-order valence-electron chi connectivity index (χ1n) is 25.4. The van der Waals surface area contributed by atoms with Crippen molar-refractivity contribution < 1.29 is 32.9 Å². The fraction of sp³-hybridized carbons (Fsp3) is 0.863. The molecule has 1 amide bonds. The van der Waals surface area contributed by atoms with Crippen LogP contribution in [0.25, 0.3) is 0 Å². The van der Waals surface area contributed by atoms with Crippen LogP contribution < -0.4 is 5.32 Å². The predicted molar refractivity (Wildman–Crippen MR) is 258 cm³/mol. The smallest absolute Gasteiger partial charge is 0.387 e. The highest BCUT2D eigenvalue weighted by atomic mass is 31.2. The van der Waals surface area contributed by atoms with Crippen molar-refractivity contribution in [3.05, 3.63) is 36.5 Å². The lowest BCUT2D eigenvalue weighted by molar-refractivity contribution is -0.870. The van der Waals surface area contributed by atoms with Gasteiger partial charge in [-0.1, -0.05) is 211 Å². The normalized spacial score (nSPS) is 14.4. The van der Waals surface area contributed by atoms with Crippen molar-refractivity contribution in [1.82, 2.24) is 5.32 Å². The van der Waals surface area contributed by atoms with Gasteiger partial charge in [-0.05, 0) is 51.4 Å². The van der Waals surface area contributed by atoms with Crippen molar-refractivity contribution in [2.24, 2.45) is 0 Å². The third-order valence-corrected chi connectivity index (χ3v) is 12.3. The molecule has 8 nitrogen and oxygen atoms in total. The number of phosphoric ester groups is 1. The number of phosphoric acid groups is 1. The van der Waals surface area contributed by atoms with Crippen LogP contribution in [0.1, 0.15) is 232 Å². The Balaban J connectivity index is 4.12. The third kappa shape index (κ3) is 44.8. The van der Waals surface area contributed by atoms with E-state index in [0.717, 1.165) is 44.9 Å². The zero-order valence-electron chi connectivity index (χ0n) is 40.2. The van der Waals surface area contributed by atoms with Gasteiger partial charge >= 0.3 is 7.82 Å². The maximum absolute atomic E-state index is 12.9. The summed E-state index contributed by atoms with van der Waals surface area (Å²) in [6, 6.07) is -0.843. The molecule has 0 rings (SSSR count). The number of carbonyl (C=O) groups excluding carboxylic acids is 1. The van der Waals surface area contributed by atoms with Gasteiger partial charge in [-0.15, -0.1) is 0 Å². The zero-order chi connectivity index (χ0) is 44.3. The second-order valence-corrected chi connectivity index (χ2v) is 20.0. The molecule has 0 spiro atoms. The molecule has 0 aromatic carbocycles. The fourth-order valence-corrected chi connectivity index (χ4v) is 8.04. The summed E-state index contributed by atoms with van der Waals surface area (Å²) in [6.07, 6.45) is 53.7. The number of nitrogens with one attached hydrogen (secondary N) is 1. The first kappa shape index (κ1) is 58.7. The van der Waals surface area contributed by atoms with Gasteiger partial charge in [0, 0.05) is 6.42 Å². The molecule has 3 atom stereocenters. The number of hydrogen-bond donors (Lipinski definition) is 3. The van der Waals surface area contributed by atoms with Gasteiger partial charge in [0.05, 0.1) is 39.9 Å². The van der Waals surface area contributed by atoms with Gasteiger partial charge in [-0.2, -0.15) is 0 Å². The number of quaternary nitrogens is 1. The molecule has 0 aliphatic rings. The number of aliphatic hydroxyl groups excluding tert-OH is 1. The molecule has 0 saturated heterocycles. The average Bonchev–Trinajstić information content (AvgIpc) is 3.20. The molecule has 0 aromatic rings. The van der Waals surface area contributed by atoms with Gasteiger partial charge in [0.2, 0.25) is 5.91 Å². The van der Waals surface area contributed by atoms with Gasteiger partial charge < -0.3 is 19.8 Å². The fourth-order valence-electron chi connectivity index (χ4n) is 7.31. The minimum absolute atomic E-state index is 0.0620. The highest BCUT2D eigenvalue weighted by Crippen LogP contribution is 2.43. The van der Waals surface area contributed by atoms with Gasteiger partial charge in [0.15, 0.2) is 0 Å². The van der Waals surface area contributed by atoms with Crippen LogP contribution in [0.3, 0.4) is 0 Å². The van der Waals surface area contributed by atoms with Crippen molar-refractivity contribution in [3.63, 3.8) is 0 Å². The molecule has 3 N–H and O–H groups in total. The van der Waals surface area contributed by atoms with E-state index < -0.39 is 20.0 Å². The van der Waals surface area contributed by atoms with E-state index in [-0.39, 0.29) is 19.1 Å². The van der Waals surface area contributed by atoms with Crippen molar-refractivity contribution in [1.29, 1.82) is 0 Å². The number of hydrogen-bond acceptors (Lipinski definition) is 5. The molecule has 0 aliphatic heterocycles. The first-order chi connectivity index (χ1) is 29.0. The minimum atomic E-state index is -4.33. The Hall–Kier alpha value is -1.28. The molecule has 3 unspecified atom stereocenters. The Morgan fingerprint density at radius 2 is 0.950 bits per heavy atom. The number of aliphatic hydroxyl groups is 1. The molecule has 9 heteroatoms. The van der Waals surface area contributed by atoms with Gasteiger partial charge in [0.25, 0.3) is 0 Å². The summed E-state index contributed by atoms with van der Waals surface area (Å²) in [6.45, 7) is 4.80. The number of allylic oxidation sites excluding steroid dienone is 5. The summed E-state index contributed by atoms with van der Waals surface area (Å²) in [5, 5.41) is 13.8. The van der Waals surface area contributed by atoms with Crippen LogP contribution in [0.2, 0.25) is 0 Å². The molecule has 0 fully saturated rings. The van der Waals surface area contributed by atoms with Gasteiger partial charge in [-0.25, -0.2) is 4.57 Å². The Bertz CT molecular complexity index is 1070. The van der Waals surface area contributed by atoms with Crippen molar-refractivity contribution >= 4 is 13.7 Å². The average molecular weight is 868 g/mol. The molecule has 60 heavy (non-hydrogen) atoms. The van der Waals surface area contributed by atoms with E-state index in [1.54, 1.807) is 6.08 Å². The first-order valence-corrected chi connectivity index (χ1v) is 26.9. The van der Waals surface area contributed by atoms with E-state index in [9.17, 15) is 19.4 Å². The number of amides is 1. The number of unbranched alkanes of at least 4 members (excludes halogenated alkanes) is 29. The molecule has 0 saturated carbocycles. The summed E-state index contributed by atoms with van der Waals surface area (Å²) >= 11 is 0. The second-order valence-electron chi connectivity index (χ2n) is 18.5. The second kappa shape index (κ2) is 43.0. The predicted octanol–water partition coefficient (Wildman–Crippen LogP) is 14.6. The van der Waals surface area contributed by atoms with Crippen molar-refractivity contribution in [2.45, 2.75) is 244 Å². The Labute approximate surface area is 372 Å². The summed E-state index contributed by atoms with van der Waals surface area (Å²) in [5.41, 5.74) is 0. The summed E-state index contributed by atoms with van der Waals surface area (Å²) < 4.78 is 23.6. The van der Waals surface area contributed by atoms with E-state index in [1.807, 2.05) is 27.2 Å². The van der Waals surface area contributed by atoms with E-state index in [2.05, 4.69) is 43.5 Å². The lowest BCUT2D eigenvalue weighted by Gasteiger charge is -2.25. The summed E-state index contributed by atoms with van der Waals surface area (Å²) in [5.74, 6) is -0.177. The zero-order valence-corrected chi connectivity index (χ0v) is 41.1. The van der Waals surface area contributed by atoms with Crippen molar-refractivity contribution in [2.75, 3.05) is 40.9 Å². The lowest BCUT2D eigenvalue weighted by Crippen LogP contribution is -2.45. The monoisotopic (exact) mass is 868 g/mol. The molecule has 0 bridgehead atoms. The number of nitrogens with zero attached hydrogens (tertiary/aromatic N) is 1. The van der Waals surface area contributed by atoms with Gasteiger partial charge in [-0.3, -0.25) is 13.8 Å². The summed E-state index contributed by atoms with van der Waals surface area (Å²) in [4.78, 5) is 23.2. The number of likely N-dealkylation sites (N-methyl/N-ethyl adjacent to an activating group) is 1. The molecule has 0 heterocycles. The van der Waals surface area contributed by atoms with Crippen LogP contribution in [0.5, 0.6) is 0 Å². The van der Waals surface area contributed by atoms with Crippen LogP contribution in [0.15, 0.2) is 36.5 Å². The lowest BCUT2D eigenvalue weighted by atomic mass is 10.0. The van der Waals surface area contributed by atoms with Crippen LogP contribution in [0.4, 0.5) is 0 Å². The maximum atomic E-state index is 12.9. The molecule has 354 valence electrons. The Morgan fingerprint density at radius 1 is 0.567 bits per heavy atom. The molecular formula is C51H100N2O6P+. The molecule has 0 aliphatic carbocycles. The topological polar surface area (TPSA) is 105 Å². The molecular weight excluding hydrogens is 768 g/mol. The van der Waals surface area contributed by atoms with E-state index in [1.165, 1.54) is 167 Å². The van der Waals surface area contributed by atoms with Crippen molar-refractivity contribution in [3.8, 4) is 0 Å². The Morgan fingerprint density at radius 3 is 1.37 bits per heavy atom. The third-order valence-electron chi connectivity index (χ3n) is 11.4. The SMILES string of the molecule is CCCCCCC/C=C\C/C=C\CCCCCCCCCCCCCCCCCC(=O)NC(COP(=O)(O)OCC[N+](C)(C)C)C(O)/C=C/CCCCCCCCCCC. The molecule has 0 aromatic heterocycles. The van der Waals surface area contributed by atoms with Crippen LogP contribution in [-0.2, 0) is 18.4 Å². The minimum Gasteiger partial charge on any atom is -0.387 e. The standard InChI is InChI=1S/C51H99N2O6P/c1-6-8-10-12-14-16-18-19-20-21-22-23-24-25-26-27-28-29-30-31-32-33-35-37-39-41-43-45-51(55)52-49(48-59-60(56,57)58-47-46-53(3,4)5)50(54)44-42-40-38-36-34-17-15-13-11-9-7-2/h18-19,21-22,42,44,49-50,54H,6-17,20,23-41,43,45-48H2,1-5H3,(H-,52,55,56,57)/p+1/b19-18-,22-21-,44-42+. The summed E-state index contributed by atoms with van der Waals surface area (Å²) in [7, 11) is 1.57. The van der Waals surface area contributed by atoms with Gasteiger partial charge in [0.1, 0.15) is 13.2 Å². The quantitative estimate of drug-likeness (QED) is 0.0244. The number of carbonyl (C=O) groups is 1. The molecule has 0 radical (unpaired) electrons. The van der Waals surface area contributed by atoms with Crippen LogP contribution in [0, 0.1) is 0 Å². The van der Waals surface area contributed by atoms with E-state index >= 15 is 0 Å².